The first kappa shape index (κ1) is 9.26. The van der Waals surface area contributed by atoms with E-state index in [9.17, 15) is 4.79 Å². The number of piperazine rings is 1. The van der Waals surface area contributed by atoms with Crippen molar-refractivity contribution in [1.29, 1.82) is 0 Å². The molecule has 0 unspecified atom stereocenters. The zero-order chi connectivity index (χ0) is 8.97. The Balaban J connectivity index is 2.60. The lowest BCUT2D eigenvalue weighted by Crippen LogP contribution is -2.44. The summed E-state index contributed by atoms with van der Waals surface area (Å²) < 4.78 is 0. The first-order valence-electron chi connectivity index (χ1n) is 4.09. The van der Waals surface area contributed by atoms with Gasteiger partial charge in [-0.3, -0.25) is 0 Å². The molecule has 4 heteroatoms. The Labute approximate surface area is 72.3 Å². The molecule has 0 atom stereocenters. The van der Waals surface area contributed by atoms with E-state index in [0.717, 1.165) is 19.6 Å². The van der Waals surface area contributed by atoms with Gasteiger partial charge in [0.15, 0.2) is 0 Å². The predicted molar refractivity (Wildman–Crippen MR) is 45.0 cm³/mol. The molecule has 0 N–H and O–H groups in total. The molecular weight excluding hydrogens is 156 g/mol. The van der Waals surface area contributed by atoms with Gasteiger partial charge in [0.2, 0.25) is 0 Å². The summed E-state index contributed by atoms with van der Waals surface area (Å²) in [7, 11) is 1.62. The average Bonchev–Trinajstić information content (AvgIpc) is 2.16. The van der Waals surface area contributed by atoms with Gasteiger partial charge in [0.05, 0.1) is 13.7 Å². The lowest BCUT2D eigenvalue weighted by atomic mass is 10.3. The minimum atomic E-state index is 0.549. The molecule has 1 aliphatic rings. The maximum absolute atomic E-state index is 10.5. The van der Waals surface area contributed by atoms with E-state index in [1.165, 1.54) is 0 Å². The lowest BCUT2D eigenvalue weighted by Gasteiger charge is -2.33. The predicted octanol–water partition coefficient (Wildman–Crippen LogP) is -0.0992. The van der Waals surface area contributed by atoms with Crippen molar-refractivity contribution in [2.45, 2.75) is 6.92 Å². The van der Waals surface area contributed by atoms with Crippen LogP contribution in [0.2, 0.25) is 0 Å². The van der Waals surface area contributed by atoms with Crippen LogP contribution in [0.15, 0.2) is 5.70 Å². The van der Waals surface area contributed by atoms with E-state index in [2.05, 4.69) is 0 Å². The van der Waals surface area contributed by atoms with Gasteiger partial charge < -0.3 is 9.74 Å². The largest absolute Gasteiger partial charge is 0.364 e. The Morgan fingerprint density at radius 2 is 2.33 bits per heavy atom. The quantitative estimate of drug-likeness (QED) is 0.542. The summed E-state index contributed by atoms with van der Waals surface area (Å²) in [6.07, 6.45) is 0. The molecular formula is C8H14N2O2. The second-order valence-electron chi connectivity index (χ2n) is 2.67. The van der Waals surface area contributed by atoms with E-state index in [0.29, 0.717) is 12.2 Å². The Bertz CT molecular complexity index is 199. The van der Waals surface area contributed by atoms with Crippen LogP contribution in [0.4, 0.5) is 0 Å². The molecule has 1 rings (SSSR count). The molecule has 0 aromatic heterocycles. The van der Waals surface area contributed by atoms with Crippen LogP contribution < -0.4 is 0 Å². The monoisotopic (exact) mass is 170 g/mol. The minimum absolute atomic E-state index is 0.549. The molecule has 0 aromatic rings. The fourth-order valence-electron chi connectivity index (χ4n) is 1.31. The Morgan fingerprint density at radius 1 is 1.58 bits per heavy atom. The molecule has 0 saturated carbocycles. The van der Waals surface area contributed by atoms with E-state index >= 15 is 0 Å². The summed E-state index contributed by atoms with van der Waals surface area (Å²) in [5, 5.41) is 1.76. The van der Waals surface area contributed by atoms with Crippen molar-refractivity contribution in [3.8, 4) is 0 Å². The highest BCUT2D eigenvalue weighted by atomic mass is 16.7. The van der Waals surface area contributed by atoms with E-state index < -0.39 is 0 Å². The molecule has 1 heterocycles. The van der Waals surface area contributed by atoms with Gasteiger partial charge in [0.1, 0.15) is 11.6 Å². The second kappa shape index (κ2) is 4.26. The standard InChI is InChI=1S/C8H14N2O2/c1-3-9-4-5-10(12-2)6-8(9)7-11/h3-6H2,1-2H3. The highest BCUT2D eigenvalue weighted by Gasteiger charge is 2.19. The molecule has 1 saturated heterocycles. The molecule has 0 spiro atoms. The summed E-state index contributed by atoms with van der Waals surface area (Å²) in [4.78, 5) is 17.5. The molecule has 0 aliphatic carbocycles. The van der Waals surface area contributed by atoms with Crippen LogP contribution >= 0.6 is 0 Å². The molecule has 0 amide bonds. The smallest absolute Gasteiger partial charge is 0.147 e. The van der Waals surface area contributed by atoms with Crippen LogP contribution in [0.1, 0.15) is 6.92 Å². The maximum Gasteiger partial charge on any atom is 0.147 e. The fraction of sp³-hybridized carbons (Fsp3) is 0.750. The van der Waals surface area contributed by atoms with E-state index in [1.54, 1.807) is 12.2 Å². The van der Waals surface area contributed by atoms with Crippen LogP contribution in [0.3, 0.4) is 0 Å². The van der Waals surface area contributed by atoms with Gasteiger partial charge in [-0.2, -0.15) is 5.06 Å². The van der Waals surface area contributed by atoms with Crippen LogP contribution in [0.25, 0.3) is 0 Å². The third-order valence-corrected chi connectivity index (χ3v) is 2.08. The Kier molecular flexibility index (Phi) is 3.29. The molecule has 0 radical (unpaired) electrons. The Hall–Kier alpha value is -0.830. The number of hydrogen-bond acceptors (Lipinski definition) is 4. The first-order valence-corrected chi connectivity index (χ1v) is 4.09. The average molecular weight is 170 g/mol. The van der Waals surface area contributed by atoms with Crippen molar-refractivity contribution in [3.05, 3.63) is 5.70 Å². The zero-order valence-corrected chi connectivity index (χ0v) is 7.54. The summed E-state index contributed by atoms with van der Waals surface area (Å²) in [5.74, 6) is 1.94. The molecule has 4 nitrogen and oxygen atoms in total. The minimum Gasteiger partial charge on any atom is -0.364 e. The zero-order valence-electron chi connectivity index (χ0n) is 7.54. The van der Waals surface area contributed by atoms with Crippen molar-refractivity contribution in [2.24, 2.45) is 0 Å². The second-order valence-corrected chi connectivity index (χ2v) is 2.67. The first-order chi connectivity index (χ1) is 5.81. The maximum atomic E-state index is 10.5. The van der Waals surface area contributed by atoms with Gasteiger partial charge >= 0.3 is 0 Å². The van der Waals surface area contributed by atoms with E-state index in [4.69, 9.17) is 4.84 Å². The Morgan fingerprint density at radius 3 is 2.83 bits per heavy atom. The van der Waals surface area contributed by atoms with Crippen LogP contribution in [-0.2, 0) is 9.63 Å². The van der Waals surface area contributed by atoms with Crippen molar-refractivity contribution < 1.29 is 9.63 Å². The lowest BCUT2D eigenvalue weighted by molar-refractivity contribution is -0.140. The van der Waals surface area contributed by atoms with E-state index in [1.807, 2.05) is 17.8 Å². The third kappa shape index (κ3) is 1.85. The van der Waals surface area contributed by atoms with E-state index in [-0.39, 0.29) is 0 Å². The number of likely N-dealkylation sites (N-methyl/N-ethyl adjacent to an activating group) is 1. The van der Waals surface area contributed by atoms with Gasteiger partial charge in [-0.15, -0.1) is 0 Å². The summed E-state index contributed by atoms with van der Waals surface area (Å²) in [5.41, 5.74) is 0.686. The van der Waals surface area contributed by atoms with Gasteiger partial charge in [0, 0.05) is 19.6 Å². The fourth-order valence-corrected chi connectivity index (χ4v) is 1.31. The van der Waals surface area contributed by atoms with Crippen LogP contribution in [0.5, 0.6) is 0 Å². The van der Waals surface area contributed by atoms with Crippen molar-refractivity contribution in [2.75, 3.05) is 33.3 Å². The normalized spacial score (nSPS) is 19.5. The molecule has 0 aromatic carbocycles. The number of carbonyl (C=O) groups excluding carboxylic acids is 1. The molecule has 12 heavy (non-hydrogen) atoms. The topological polar surface area (TPSA) is 32.8 Å². The SMILES string of the molecule is CCN1CCN(OC)CC1=C=O. The molecule has 0 bridgehead atoms. The number of nitrogens with zero attached hydrogens (tertiary/aromatic N) is 2. The molecule has 1 fully saturated rings. The van der Waals surface area contributed by atoms with Crippen LogP contribution in [0, 0.1) is 0 Å². The number of rotatable bonds is 2. The van der Waals surface area contributed by atoms with Crippen molar-refractivity contribution in [1.82, 2.24) is 9.96 Å². The van der Waals surface area contributed by atoms with Crippen molar-refractivity contribution in [3.63, 3.8) is 0 Å². The van der Waals surface area contributed by atoms with Gasteiger partial charge in [0.25, 0.3) is 0 Å². The number of hydroxylamine groups is 2. The number of hydrogen-bond donors (Lipinski definition) is 0. The summed E-state index contributed by atoms with van der Waals surface area (Å²) in [6.45, 7) is 5.13. The highest BCUT2D eigenvalue weighted by Crippen LogP contribution is 2.09. The highest BCUT2D eigenvalue weighted by molar-refractivity contribution is 5.52. The summed E-state index contributed by atoms with van der Waals surface area (Å²) in [6, 6.07) is 0. The van der Waals surface area contributed by atoms with Gasteiger partial charge in [-0.05, 0) is 6.92 Å². The van der Waals surface area contributed by atoms with Gasteiger partial charge in [-0.25, -0.2) is 4.79 Å². The molecule has 68 valence electrons. The molecule has 1 aliphatic heterocycles. The van der Waals surface area contributed by atoms with Crippen LogP contribution in [-0.4, -0.2) is 49.2 Å². The third-order valence-electron chi connectivity index (χ3n) is 2.08. The summed E-state index contributed by atoms with van der Waals surface area (Å²) >= 11 is 0. The van der Waals surface area contributed by atoms with Gasteiger partial charge in [-0.1, -0.05) is 0 Å². The van der Waals surface area contributed by atoms with Crippen molar-refractivity contribution >= 4 is 5.94 Å².